The molecule has 1 aliphatic carbocycles. The van der Waals surface area contributed by atoms with E-state index in [-0.39, 0.29) is 24.2 Å². The van der Waals surface area contributed by atoms with Crippen molar-refractivity contribution in [3.8, 4) is 11.8 Å². The number of urea groups is 1. The third-order valence-corrected chi connectivity index (χ3v) is 4.44. The number of benzene rings is 1. The molecule has 1 N–H and O–H groups in total. The maximum absolute atomic E-state index is 12.6. The quantitative estimate of drug-likeness (QED) is 0.620. The first kappa shape index (κ1) is 19.2. The van der Waals surface area contributed by atoms with E-state index in [0.29, 0.717) is 0 Å². The van der Waals surface area contributed by atoms with Gasteiger partial charge >= 0.3 is 12.2 Å². The molecule has 136 valence electrons. The lowest BCUT2D eigenvalue weighted by atomic mass is 10.1. The molecule has 0 unspecified atom stereocenters. The van der Waals surface area contributed by atoms with Gasteiger partial charge in [0.05, 0.1) is 12.1 Å². The molecule has 0 aromatic heterocycles. The molecule has 25 heavy (non-hydrogen) atoms. The highest BCUT2D eigenvalue weighted by atomic mass is 19.4. The average molecular weight is 352 g/mol. The molecule has 3 nitrogen and oxygen atoms in total. The second-order valence-electron chi connectivity index (χ2n) is 6.30. The van der Waals surface area contributed by atoms with Gasteiger partial charge in [0.2, 0.25) is 0 Å². The zero-order chi connectivity index (χ0) is 18.3. The lowest BCUT2D eigenvalue weighted by molar-refractivity contribution is -0.137. The van der Waals surface area contributed by atoms with Crippen LogP contribution in [-0.2, 0) is 6.18 Å². The largest absolute Gasteiger partial charge is 0.416 e. The molecular weight excluding hydrogens is 329 g/mol. The van der Waals surface area contributed by atoms with Crippen molar-refractivity contribution in [1.82, 2.24) is 10.2 Å². The van der Waals surface area contributed by atoms with Crippen molar-refractivity contribution in [1.29, 1.82) is 0 Å². The van der Waals surface area contributed by atoms with Crippen LogP contribution in [-0.4, -0.2) is 30.6 Å². The van der Waals surface area contributed by atoms with Gasteiger partial charge in [0.15, 0.2) is 0 Å². The zero-order valence-electron chi connectivity index (χ0n) is 14.3. The summed E-state index contributed by atoms with van der Waals surface area (Å²) >= 11 is 0. The lowest BCUT2D eigenvalue weighted by Gasteiger charge is -2.27. The maximum atomic E-state index is 12.6. The predicted molar refractivity (Wildman–Crippen MR) is 91.0 cm³/mol. The molecule has 1 aromatic carbocycles. The van der Waals surface area contributed by atoms with E-state index in [2.05, 4.69) is 17.2 Å². The molecule has 6 heteroatoms. The van der Waals surface area contributed by atoms with Crippen LogP contribution in [0.2, 0.25) is 0 Å². The number of rotatable bonds is 2. The Morgan fingerprint density at radius 1 is 1.24 bits per heavy atom. The summed E-state index contributed by atoms with van der Waals surface area (Å²) in [5.41, 5.74) is -0.447. The van der Waals surface area contributed by atoms with Crippen molar-refractivity contribution in [3.63, 3.8) is 0 Å². The monoisotopic (exact) mass is 352 g/mol. The van der Waals surface area contributed by atoms with Crippen LogP contribution in [0.1, 0.15) is 49.7 Å². The predicted octanol–water partition coefficient (Wildman–Crippen LogP) is 4.42. The van der Waals surface area contributed by atoms with Gasteiger partial charge in [-0.25, -0.2) is 4.79 Å². The minimum absolute atomic E-state index is 0.103. The fourth-order valence-electron chi connectivity index (χ4n) is 2.97. The van der Waals surface area contributed by atoms with Crippen LogP contribution >= 0.6 is 0 Å². The molecule has 0 saturated heterocycles. The van der Waals surface area contributed by atoms with Gasteiger partial charge < -0.3 is 10.2 Å². The minimum Gasteiger partial charge on any atom is -0.327 e. The number of hydrogen-bond acceptors (Lipinski definition) is 1. The van der Waals surface area contributed by atoms with Crippen LogP contribution < -0.4 is 5.32 Å². The number of carbonyl (C=O) groups excluding carboxylic acids is 1. The summed E-state index contributed by atoms with van der Waals surface area (Å²) in [6, 6.07) is 4.91. The maximum Gasteiger partial charge on any atom is 0.416 e. The number of amides is 2. The SMILES string of the molecule is CN(C(=O)NCC#Cc1cccc(C(F)(F)F)c1)C1CCCCCC1. The first-order valence-electron chi connectivity index (χ1n) is 8.55. The number of hydrogen-bond donors (Lipinski definition) is 1. The van der Waals surface area contributed by atoms with Gasteiger partial charge in [-0.05, 0) is 31.0 Å². The molecule has 0 aliphatic heterocycles. The fourth-order valence-corrected chi connectivity index (χ4v) is 2.97. The van der Waals surface area contributed by atoms with Crippen LogP contribution in [0.25, 0.3) is 0 Å². The van der Waals surface area contributed by atoms with Crippen molar-refractivity contribution in [2.75, 3.05) is 13.6 Å². The molecule has 2 amide bonds. The molecule has 0 heterocycles. The summed E-state index contributed by atoms with van der Waals surface area (Å²) in [5.74, 6) is 5.36. The lowest BCUT2D eigenvalue weighted by Crippen LogP contribution is -2.43. The molecule has 1 aromatic rings. The summed E-state index contributed by atoms with van der Waals surface area (Å²) in [4.78, 5) is 13.9. The normalized spacial score (nSPS) is 15.7. The smallest absolute Gasteiger partial charge is 0.327 e. The molecule has 2 rings (SSSR count). The summed E-state index contributed by atoms with van der Waals surface area (Å²) in [6.07, 6.45) is 2.35. The average Bonchev–Trinajstić information content (AvgIpc) is 2.86. The first-order chi connectivity index (χ1) is 11.9. The molecule has 0 radical (unpaired) electrons. The summed E-state index contributed by atoms with van der Waals surface area (Å²) < 4.78 is 37.9. The number of nitrogens with one attached hydrogen (secondary N) is 1. The Balaban J connectivity index is 1.86. The van der Waals surface area contributed by atoms with Crippen LogP contribution in [0, 0.1) is 11.8 Å². The van der Waals surface area contributed by atoms with Crippen LogP contribution in [0.4, 0.5) is 18.0 Å². The van der Waals surface area contributed by atoms with Crippen molar-refractivity contribution in [2.45, 2.75) is 50.7 Å². The highest BCUT2D eigenvalue weighted by Gasteiger charge is 2.30. The minimum atomic E-state index is -4.38. The Kier molecular flexibility index (Phi) is 6.74. The summed E-state index contributed by atoms with van der Waals surface area (Å²) in [5, 5.41) is 2.71. The third kappa shape index (κ3) is 6.00. The molecule has 0 spiro atoms. The highest BCUT2D eigenvalue weighted by Crippen LogP contribution is 2.29. The van der Waals surface area contributed by atoms with Crippen molar-refractivity contribution in [3.05, 3.63) is 35.4 Å². The van der Waals surface area contributed by atoms with E-state index in [4.69, 9.17) is 0 Å². The molecular formula is C19H23F3N2O. The van der Waals surface area contributed by atoms with Gasteiger partial charge in [0.25, 0.3) is 0 Å². The Bertz CT molecular complexity index is 638. The van der Waals surface area contributed by atoms with E-state index in [1.54, 1.807) is 11.9 Å². The van der Waals surface area contributed by atoms with Crippen molar-refractivity contribution >= 4 is 6.03 Å². The van der Waals surface area contributed by atoms with E-state index < -0.39 is 11.7 Å². The van der Waals surface area contributed by atoms with Crippen molar-refractivity contribution < 1.29 is 18.0 Å². The molecule has 0 atom stereocenters. The second kappa shape index (κ2) is 8.80. The number of alkyl halides is 3. The topological polar surface area (TPSA) is 32.3 Å². The Hall–Kier alpha value is -2.16. The zero-order valence-corrected chi connectivity index (χ0v) is 14.3. The fraction of sp³-hybridized carbons (Fsp3) is 0.526. The first-order valence-corrected chi connectivity index (χ1v) is 8.55. The second-order valence-corrected chi connectivity index (χ2v) is 6.30. The molecule has 1 aliphatic rings. The number of halogens is 3. The van der Waals surface area contributed by atoms with Gasteiger partial charge in [-0.2, -0.15) is 13.2 Å². The molecule has 0 bridgehead atoms. The molecule has 1 fully saturated rings. The van der Waals surface area contributed by atoms with Gasteiger partial charge in [0.1, 0.15) is 0 Å². The highest BCUT2D eigenvalue weighted by molar-refractivity contribution is 5.74. The Morgan fingerprint density at radius 2 is 1.92 bits per heavy atom. The number of carbonyl (C=O) groups is 1. The van der Waals surface area contributed by atoms with Gasteiger partial charge in [-0.15, -0.1) is 0 Å². The van der Waals surface area contributed by atoms with E-state index in [1.165, 1.54) is 25.0 Å². The Morgan fingerprint density at radius 3 is 2.56 bits per heavy atom. The third-order valence-electron chi connectivity index (χ3n) is 4.44. The summed E-state index contributed by atoms with van der Waals surface area (Å²) in [6.45, 7) is 0.103. The molecule has 1 saturated carbocycles. The van der Waals surface area contributed by atoms with Crippen molar-refractivity contribution in [2.24, 2.45) is 0 Å². The van der Waals surface area contributed by atoms with E-state index in [1.807, 2.05) is 0 Å². The number of nitrogens with zero attached hydrogens (tertiary/aromatic N) is 1. The van der Waals surface area contributed by atoms with E-state index in [9.17, 15) is 18.0 Å². The van der Waals surface area contributed by atoms with Crippen LogP contribution in [0.5, 0.6) is 0 Å². The van der Waals surface area contributed by atoms with Crippen LogP contribution in [0.15, 0.2) is 24.3 Å². The standard InChI is InChI=1S/C19H23F3N2O/c1-24(17-11-4-2-3-5-12-17)18(25)23-13-7-9-15-8-6-10-16(14-15)19(20,21)22/h6,8,10,14,17H,2-5,11-13H2,1H3,(H,23,25). The van der Waals surface area contributed by atoms with Crippen LogP contribution in [0.3, 0.4) is 0 Å². The van der Waals surface area contributed by atoms with E-state index in [0.717, 1.165) is 37.8 Å². The van der Waals surface area contributed by atoms with Gasteiger partial charge in [0, 0.05) is 18.7 Å². The van der Waals surface area contributed by atoms with Gasteiger partial charge in [-0.1, -0.05) is 43.6 Å². The Labute approximate surface area is 146 Å². The summed E-state index contributed by atoms with van der Waals surface area (Å²) in [7, 11) is 1.78. The van der Waals surface area contributed by atoms with Gasteiger partial charge in [-0.3, -0.25) is 0 Å². The van der Waals surface area contributed by atoms with E-state index >= 15 is 0 Å².